The van der Waals surface area contributed by atoms with Crippen LogP contribution < -0.4 is 5.32 Å². The van der Waals surface area contributed by atoms with Gasteiger partial charge in [0, 0.05) is 5.69 Å². The van der Waals surface area contributed by atoms with Crippen LogP contribution in [0.1, 0.15) is 32.1 Å². The number of para-hydroxylation sites is 1. The van der Waals surface area contributed by atoms with E-state index in [2.05, 4.69) is 5.32 Å². The number of carbonyl (C=O) groups excluding carboxylic acids is 1. The largest absolute Gasteiger partial charge is 0.446 e. The predicted molar refractivity (Wildman–Crippen MR) is 77.4 cm³/mol. The summed E-state index contributed by atoms with van der Waals surface area (Å²) in [5.74, 6) is 3.23. The number of ether oxygens (including phenoxy) is 1. The molecule has 1 N–H and O–H groups in total. The quantitative estimate of drug-likeness (QED) is 0.881. The first-order valence-corrected chi connectivity index (χ1v) is 7.84. The van der Waals surface area contributed by atoms with Crippen LogP contribution in [0.15, 0.2) is 30.3 Å². The van der Waals surface area contributed by atoms with Gasteiger partial charge in [-0.1, -0.05) is 24.6 Å². The number of nitrogens with one attached hydrogen (secondary N) is 1. The Morgan fingerprint density at radius 1 is 1.05 bits per heavy atom. The van der Waals surface area contributed by atoms with Crippen LogP contribution in [0.3, 0.4) is 0 Å². The van der Waals surface area contributed by atoms with Gasteiger partial charge < -0.3 is 4.74 Å². The van der Waals surface area contributed by atoms with Crippen LogP contribution >= 0.6 is 0 Å². The fourth-order valence-electron chi connectivity index (χ4n) is 4.95. The van der Waals surface area contributed by atoms with Gasteiger partial charge in [0.05, 0.1) is 0 Å². The highest BCUT2D eigenvalue weighted by Gasteiger charge is 2.55. The maximum absolute atomic E-state index is 12.0. The lowest BCUT2D eigenvalue weighted by molar-refractivity contribution is 0.0431. The van der Waals surface area contributed by atoms with Gasteiger partial charge in [0.25, 0.3) is 0 Å². The first-order chi connectivity index (χ1) is 9.81. The smallest absolute Gasteiger partial charge is 0.411 e. The maximum atomic E-state index is 12.0. The van der Waals surface area contributed by atoms with Crippen molar-refractivity contribution in [1.29, 1.82) is 0 Å². The topological polar surface area (TPSA) is 38.3 Å². The van der Waals surface area contributed by atoms with Crippen molar-refractivity contribution in [3.63, 3.8) is 0 Å². The SMILES string of the molecule is O=C(Nc1ccccc1)O[C@@H]1C[C@H]2C[C@@H]1[C@H]1CCC[C@H]21. The van der Waals surface area contributed by atoms with Gasteiger partial charge in [-0.2, -0.15) is 0 Å². The molecule has 0 radical (unpaired) electrons. The Labute approximate surface area is 119 Å². The second kappa shape index (κ2) is 4.80. The van der Waals surface area contributed by atoms with Gasteiger partial charge in [-0.15, -0.1) is 0 Å². The molecule has 1 aromatic carbocycles. The summed E-state index contributed by atoms with van der Waals surface area (Å²) in [5, 5.41) is 2.83. The lowest BCUT2D eigenvalue weighted by Gasteiger charge is -2.31. The van der Waals surface area contributed by atoms with Gasteiger partial charge in [0.15, 0.2) is 0 Å². The van der Waals surface area contributed by atoms with Crippen molar-refractivity contribution in [1.82, 2.24) is 0 Å². The Hall–Kier alpha value is -1.51. The van der Waals surface area contributed by atoms with E-state index < -0.39 is 0 Å². The number of carbonyl (C=O) groups is 1. The molecule has 0 heterocycles. The molecule has 0 aliphatic heterocycles. The Morgan fingerprint density at radius 3 is 2.70 bits per heavy atom. The minimum Gasteiger partial charge on any atom is -0.446 e. The summed E-state index contributed by atoms with van der Waals surface area (Å²) in [5.41, 5.74) is 0.805. The van der Waals surface area contributed by atoms with Gasteiger partial charge in [-0.25, -0.2) is 4.79 Å². The first kappa shape index (κ1) is 12.2. The fourth-order valence-corrected chi connectivity index (χ4v) is 4.95. The van der Waals surface area contributed by atoms with Crippen LogP contribution in [0.25, 0.3) is 0 Å². The van der Waals surface area contributed by atoms with Crippen LogP contribution in [0, 0.1) is 23.7 Å². The maximum Gasteiger partial charge on any atom is 0.411 e. The van der Waals surface area contributed by atoms with Crippen molar-refractivity contribution in [3.05, 3.63) is 30.3 Å². The van der Waals surface area contributed by atoms with Gasteiger partial charge >= 0.3 is 6.09 Å². The number of amides is 1. The van der Waals surface area contributed by atoms with E-state index in [4.69, 9.17) is 4.74 Å². The van der Waals surface area contributed by atoms with E-state index in [0.717, 1.165) is 29.9 Å². The van der Waals surface area contributed by atoms with Gasteiger partial charge in [0.1, 0.15) is 6.10 Å². The molecule has 3 saturated carbocycles. The summed E-state index contributed by atoms with van der Waals surface area (Å²) in [7, 11) is 0. The second-order valence-electron chi connectivity index (χ2n) is 6.59. The number of anilines is 1. The number of rotatable bonds is 2. The minimum atomic E-state index is -0.289. The third kappa shape index (κ3) is 2.00. The Balaban J connectivity index is 1.37. The normalized spacial score (nSPS) is 37.7. The van der Waals surface area contributed by atoms with Crippen LogP contribution in [0.5, 0.6) is 0 Å². The van der Waals surface area contributed by atoms with Crippen LogP contribution in [0.4, 0.5) is 10.5 Å². The minimum absolute atomic E-state index is 0.156. The molecule has 4 rings (SSSR count). The van der Waals surface area contributed by atoms with Gasteiger partial charge in [-0.3, -0.25) is 5.32 Å². The molecule has 0 spiro atoms. The zero-order valence-electron chi connectivity index (χ0n) is 11.6. The second-order valence-corrected chi connectivity index (χ2v) is 6.59. The van der Waals surface area contributed by atoms with Gasteiger partial charge in [-0.05, 0) is 61.5 Å². The van der Waals surface area contributed by atoms with Crippen molar-refractivity contribution in [3.8, 4) is 0 Å². The van der Waals surface area contributed by atoms with E-state index in [9.17, 15) is 4.79 Å². The summed E-state index contributed by atoms with van der Waals surface area (Å²) in [6, 6.07) is 9.53. The van der Waals surface area contributed by atoms with E-state index in [1.165, 1.54) is 25.7 Å². The number of benzene rings is 1. The highest BCUT2D eigenvalue weighted by Crippen LogP contribution is 2.59. The molecule has 3 aliphatic rings. The van der Waals surface area contributed by atoms with E-state index in [1.54, 1.807) is 0 Å². The molecule has 3 fully saturated rings. The van der Waals surface area contributed by atoms with Crippen molar-refractivity contribution >= 4 is 11.8 Å². The molecule has 20 heavy (non-hydrogen) atoms. The third-order valence-corrected chi connectivity index (χ3v) is 5.65. The first-order valence-electron chi connectivity index (χ1n) is 7.84. The molecular weight excluding hydrogens is 250 g/mol. The zero-order valence-corrected chi connectivity index (χ0v) is 11.6. The van der Waals surface area contributed by atoms with Crippen LogP contribution in [0.2, 0.25) is 0 Å². The molecule has 5 atom stereocenters. The molecule has 0 aromatic heterocycles. The lowest BCUT2D eigenvalue weighted by Crippen LogP contribution is -2.33. The van der Waals surface area contributed by atoms with Crippen molar-refractivity contribution in [2.75, 3.05) is 5.32 Å². The average Bonchev–Trinajstić information content (AvgIpc) is 3.11. The van der Waals surface area contributed by atoms with Crippen molar-refractivity contribution in [2.45, 2.75) is 38.2 Å². The Kier molecular flexibility index (Phi) is 2.94. The molecule has 3 aliphatic carbocycles. The molecule has 3 nitrogen and oxygen atoms in total. The molecule has 3 heteroatoms. The van der Waals surface area contributed by atoms with E-state index in [1.807, 2.05) is 30.3 Å². The van der Waals surface area contributed by atoms with E-state index >= 15 is 0 Å². The number of fused-ring (bicyclic) bond motifs is 5. The van der Waals surface area contributed by atoms with Gasteiger partial charge in [0.2, 0.25) is 0 Å². The summed E-state index contributed by atoms with van der Waals surface area (Å²) in [4.78, 5) is 12.0. The molecule has 2 bridgehead atoms. The van der Waals surface area contributed by atoms with Crippen LogP contribution in [-0.2, 0) is 4.74 Å². The number of hydrogen-bond donors (Lipinski definition) is 1. The molecular formula is C17H21NO2. The van der Waals surface area contributed by atoms with E-state index in [0.29, 0.717) is 5.92 Å². The highest BCUT2D eigenvalue weighted by atomic mass is 16.6. The Morgan fingerprint density at radius 2 is 1.85 bits per heavy atom. The lowest BCUT2D eigenvalue weighted by atomic mass is 9.80. The fraction of sp³-hybridized carbons (Fsp3) is 0.588. The monoisotopic (exact) mass is 271 g/mol. The predicted octanol–water partition coefficient (Wildman–Crippen LogP) is 4.06. The zero-order chi connectivity index (χ0) is 13.5. The van der Waals surface area contributed by atoms with Crippen molar-refractivity contribution in [2.24, 2.45) is 23.7 Å². The average molecular weight is 271 g/mol. The molecule has 106 valence electrons. The third-order valence-electron chi connectivity index (χ3n) is 5.65. The number of hydrogen-bond acceptors (Lipinski definition) is 2. The molecule has 1 aromatic rings. The summed E-state index contributed by atoms with van der Waals surface area (Å²) >= 11 is 0. The molecule has 0 unspecified atom stereocenters. The summed E-state index contributed by atoms with van der Waals surface area (Å²) < 4.78 is 5.71. The summed E-state index contributed by atoms with van der Waals surface area (Å²) in [6.45, 7) is 0. The van der Waals surface area contributed by atoms with Crippen LogP contribution in [-0.4, -0.2) is 12.2 Å². The van der Waals surface area contributed by atoms with Crippen molar-refractivity contribution < 1.29 is 9.53 Å². The summed E-state index contributed by atoms with van der Waals surface area (Å²) in [6.07, 6.45) is 6.39. The van der Waals surface area contributed by atoms with E-state index in [-0.39, 0.29) is 12.2 Å². The Bertz CT molecular complexity index is 501. The standard InChI is InChI=1S/C17H21NO2/c19-17(18-12-5-2-1-3-6-12)20-16-10-11-9-15(16)14-8-4-7-13(11)14/h1-3,5-6,11,13-16H,4,7-10H2,(H,18,19)/t11-,13-,14+,15-,16-/m1/s1. The molecule has 0 saturated heterocycles. The molecule has 1 amide bonds. The highest BCUT2D eigenvalue weighted by molar-refractivity contribution is 5.84.